The highest BCUT2D eigenvalue weighted by atomic mass is 16.5. The summed E-state index contributed by atoms with van der Waals surface area (Å²) in [7, 11) is 0. The standard InChI is InChI=1S/C27H38N4O6/c1-26-9-10-27(37-26)21(20(26)23(33)29-19-7-3-2-4-8-19)25(35)31(12-5-6-16-32)22(27)24(34)28-11-13-30-14-17-36-18-15-30/h2-4,7-8,20-22,32H,5-6,9-18H2,1H3,(H,28,34)(H,29,33)/t20-,21-,22?,26+,27?/m0/s1. The van der Waals surface area contributed by atoms with Crippen LogP contribution in [0.5, 0.6) is 0 Å². The maximum Gasteiger partial charge on any atom is 0.245 e. The number of carbonyl (C=O) groups excluding carboxylic acids is 3. The molecule has 0 aromatic heterocycles. The summed E-state index contributed by atoms with van der Waals surface area (Å²) in [6, 6.07) is 8.39. The van der Waals surface area contributed by atoms with E-state index in [0.29, 0.717) is 64.2 Å². The largest absolute Gasteiger partial charge is 0.396 e. The van der Waals surface area contributed by atoms with Gasteiger partial charge in [-0.3, -0.25) is 19.3 Å². The van der Waals surface area contributed by atoms with Crippen LogP contribution in [0.3, 0.4) is 0 Å². The molecule has 202 valence electrons. The first-order valence-corrected chi connectivity index (χ1v) is 13.4. The van der Waals surface area contributed by atoms with E-state index in [1.54, 1.807) is 4.90 Å². The Bertz CT molecular complexity index is 1000. The van der Waals surface area contributed by atoms with Crippen molar-refractivity contribution in [1.29, 1.82) is 0 Å². The first kappa shape index (κ1) is 26.1. The molecule has 2 bridgehead atoms. The Morgan fingerprint density at radius 3 is 2.57 bits per heavy atom. The number of nitrogens with one attached hydrogen (secondary N) is 2. The third kappa shape index (κ3) is 4.76. The van der Waals surface area contributed by atoms with E-state index < -0.39 is 29.1 Å². The Morgan fingerprint density at radius 2 is 1.84 bits per heavy atom. The summed E-state index contributed by atoms with van der Waals surface area (Å²) in [5.41, 5.74) is -1.19. The summed E-state index contributed by atoms with van der Waals surface area (Å²) < 4.78 is 12.0. The molecule has 5 rings (SSSR count). The zero-order valence-electron chi connectivity index (χ0n) is 21.5. The third-order valence-corrected chi connectivity index (χ3v) is 8.49. The molecule has 2 unspecified atom stereocenters. The fourth-order valence-electron chi connectivity index (χ4n) is 6.76. The van der Waals surface area contributed by atoms with Crippen LogP contribution in [0.2, 0.25) is 0 Å². The number of para-hydroxylation sites is 1. The van der Waals surface area contributed by atoms with E-state index in [-0.39, 0.29) is 24.3 Å². The smallest absolute Gasteiger partial charge is 0.245 e. The third-order valence-electron chi connectivity index (χ3n) is 8.49. The van der Waals surface area contributed by atoms with Gasteiger partial charge in [0.05, 0.1) is 30.7 Å². The van der Waals surface area contributed by atoms with Crippen LogP contribution in [0, 0.1) is 11.8 Å². The summed E-state index contributed by atoms with van der Waals surface area (Å²) in [6.45, 7) is 6.46. The first-order chi connectivity index (χ1) is 17.9. The van der Waals surface area contributed by atoms with Crippen molar-refractivity contribution in [2.45, 2.75) is 49.9 Å². The molecular weight excluding hydrogens is 476 g/mol. The molecule has 1 aromatic rings. The summed E-state index contributed by atoms with van der Waals surface area (Å²) in [6.07, 6.45) is 2.25. The van der Waals surface area contributed by atoms with E-state index in [0.717, 1.165) is 13.1 Å². The fourth-order valence-corrected chi connectivity index (χ4v) is 6.76. The molecule has 3 N–H and O–H groups in total. The van der Waals surface area contributed by atoms with E-state index in [2.05, 4.69) is 15.5 Å². The first-order valence-electron chi connectivity index (χ1n) is 13.4. The van der Waals surface area contributed by atoms with Crippen LogP contribution >= 0.6 is 0 Å². The van der Waals surface area contributed by atoms with Gasteiger partial charge in [-0.05, 0) is 44.7 Å². The Kier molecular flexibility index (Phi) is 7.53. The molecule has 0 saturated carbocycles. The van der Waals surface area contributed by atoms with Gasteiger partial charge in [-0.1, -0.05) is 18.2 Å². The van der Waals surface area contributed by atoms with Crippen LogP contribution in [0.4, 0.5) is 5.69 Å². The maximum absolute atomic E-state index is 13.9. The molecule has 1 aromatic carbocycles. The number of carbonyl (C=O) groups is 3. The topological polar surface area (TPSA) is 120 Å². The molecule has 37 heavy (non-hydrogen) atoms. The van der Waals surface area contributed by atoms with Gasteiger partial charge in [-0.15, -0.1) is 0 Å². The minimum Gasteiger partial charge on any atom is -0.396 e. The van der Waals surface area contributed by atoms with Crippen LogP contribution in [-0.4, -0.2) is 102 Å². The molecule has 0 radical (unpaired) electrons. The molecule has 4 heterocycles. The SMILES string of the molecule is C[C@]12CCC3(O1)C(C(=O)NCCN1CCOCC1)N(CCCCO)C(=O)[C@@H]3[C@H]2C(=O)Nc1ccccc1. The molecule has 5 atom stereocenters. The van der Waals surface area contributed by atoms with Crippen LogP contribution < -0.4 is 10.6 Å². The lowest BCUT2D eigenvalue weighted by Gasteiger charge is -2.34. The lowest BCUT2D eigenvalue weighted by molar-refractivity contribution is -0.145. The van der Waals surface area contributed by atoms with E-state index in [1.165, 1.54) is 0 Å². The van der Waals surface area contributed by atoms with Crippen molar-refractivity contribution in [3.05, 3.63) is 30.3 Å². The second-order valence-electron chi connectivity index (χ2n) is 10.8. The molecule has 4 saturated heterocycles. The zero-order valence-corrected chi connectivity index (χ0v) is 21.5. The van der Waals surface area contributed by atoms with Crippen LogP contribution in [-0.2, 0) is 23.9 Å². The maximum atomic E-state index is 13.9. The molecule has 3 amide bonds. The minimum atomic E-state index is -1.03. The van der Waals surface area contributed by atoms with Crippen molar-refractivity contribution >= 4 is 23.4 Å². The Labute approximate surface area is 217 Å². The van der Waals surface area contributed by atoms with Gasteiger partial charge in [0, 0.05) is 45.0 Å². The molecule has 4 aliphatic rings. The number of amides is 3. The van der Waals surface area contributed by atoms with Gasteiger partial charge in [0.1, 0.15) is 11.6 Å². The number of likely N-dealkylation sites (tertiary alicyclic amines) is 1. The summed E-state index contributed by atoms with van der Waals surface area (Å²) in [5, 5.41) is 15.3. The number of fused-ring (bicyclic) bond motifs is 1. The Morgan fingerprint density at radius 1 is 1.08 bits per heavy atom. The number of nitrogens with zero attached hydrogens (tertiary/aromatic N) is 2. The summed E-state index contributed by atoms with van der Waals surface area (Å²) in [4.78, 5) is 45.0. The molecule has 4 aliphatic heterocycles. The van der Waals surface area contributed by atoms with E-state index in [9.17, 15) is 19.5 Å². The van der Waals surface area contributed by atoms with Crippen LogP contribution in [0.25, 0.3) is 0 Å². The predicted octanol–water partition coefficient (Wildman–Crippen LogP) is 0.611. The van der Waals surface area contributed by atoms with Crippen molar-refractivity contribution < 1.29 is 29.0 Å². The van der Waals surface area contributed by atoms with Gasteiger partial charge in [0.25, 0.3) is 0 Å². The van der Waals surface area contributed by atoms with Crippen molar-refractivity contribution in [2.75, 3.05) is 57.9 Å². The number of aliphatic hydroxyl groups excluding tert-OH is 1. The highest BCUT2D eigenvalue weighted by molar-refractivity contribution is 6.02. The van der Waals surface area contributed by atoms with Crippen LogP contribution in [0.15, 0.2) is 30.3 Å². The van der Waals surface area contributed by atoms with Gasteiger partial charge in [-0.2, -0.15) is 0 Å². The van der Waals surface area contributed by atoms with Gasteiger partial charge in [0.15, 0.2) is 0 Å². The van der Waals surface area contributed by atoms with Crippen molar-refractivity contribution in [1.82, 2.24) is 15.1 Å². The number of hydrogen-bond acceptors (Lipinski definition) is 7. The van der Waals surface area contributed by atoms with E-state index in [1.807, 2.05) is 37.3 Å². The van der Waals surface area contributed by atoms with Gasteiger partial charge >= 0.3 is 0 Å². The van der Waals surface area contributed by atoms with Crippen LogP contribution in [0.1, 0.15) is 32.6 Å². The molecule has 4 fully saturated rings. The number of benzene rings is 1. The summed E-state index contributed by atoms with van der Waals surface area (Å²) >= 11 is 0. The molecule has 10 nitrogen and oxygen atoms in total. The number of anilines is 1. The van der Waals surface area contributed by atoms with Gasteiger partial charge < -0.3 is 30.1 Å². The number of ether oxygens (including phenoxy) is 2. The summed E-state index contributed by atoms with van der Waals surface area (Å²) in [5.74, 6) is -2.11. The monoisotopic (exact) mass is 514 g/mol. The van der Waals surface area contributed by atoms with Crippen molar-refractivity contribution in [3.63, 3.8) is 0 Å². The molecular formula is C27H38N4O6. The number of rotatable bonds is 10. The fraction of sp³-hybridized carbons (Fsp3) is 0.667. The number of aliphatic hydroxyl groups is 1. The number of hydrogen-bond donors (Lipinski definition) is 3. The molecule has 10 heteroatoms. The van der Waals surface area contributed by atoms with Gasteiger partial charge in [0.2, 0.25) is 17.7 Å². The van der Waals surface area contributed by atoms with Gasteiger partial charge in [-0.25, -0.2) is 0 Å². The van der Waals surface area contributed by atoms with Crippen molar-refractivity contribution in [2.24, 2.45) is 11.8 Å². The highest BCUT2D eigenvalue weighted by Crippen LogP contribution is 2.63. The minimum absolute atomic E-state index is 0.0176. The lowest BCUT2D eigenvalue weighted by atomic mass is 9.66. The average Bonchev–Trinajstić information content (AvgIpc) is 3.46. The Hall–Kier alpha value is -2.53. The predicted molar refractivity (Wildman–Crippen MR) is 136 cm³/mol. The van der Waals surface area contributed by atoms with E-state index >= 15 is 0 Å². The normalized spacial score (nSPS) is 33.0. The molecule has 1 spiro atoms. The second-order valence-corrected chi connectivity index (χ2v) is 10.8. The quantitative estimate of drug-likeness (QED) is 0.391. The average molecular weight is 515 g/mol. The molecule has 0 aliphatic carbocycles. The van der Waals surface area contributed by atoms with E-state index in [4.69, 9.17) is 9.47 Å². The zero-order chi connectivity index (χ0) is 26.0. The number of unbranched alkanes of at least 4 members (excludes halogenated alkanes) is 1. The second kappa shape index (κ2) is 10.7. The highest BCUT2D eigenvalue weighted by Gasteiger charge is 2.77. The Balaban J connectivity index is 1.37. The van der Waals surface area contributed by atoms with Crippen molar-refractivity contribution in [3.8, 4) is 0 Å². The lowest BCUT2D eigenvalue weighted by Crippen LogP contribution is -2.56. The number of morpholine rings is 1.